The maximum Gasteiger partial charge on any atom is 0.259 e. The number of rotatable bonds is 8. The van der Waals surface area contributed by atoms with Gasteiger partial charge in [-0.3, -0.25) is 18.9 Å². The number of likely N-dealkylation sites (tertiary alicyclic amines) is 1. The number of hydrogen-bond acceptors (Lipinski definition) is 6. The van der Waals surface area contributed by atoms with Crippen LogP contribution in [0.2, 0.25) is 5.15 Å². The minimum absolute atomic E-state index is 0.0858. The summed E-state index contributed by atoms with van der Waals surface area (Å²) in [4.78, 5) is 20.2. The van der Waals surface area contributed by atoms with Gasteiger partial charge >= 0.3 is 0 Å². The highest BCUT2D eigenvalue weighted by Crippen LogP contribution is 2.35. The molecule has 1 aliphatic rings. The molecule has 1 saturated heterocycles. The lowest BCUT2D eigenvalue weighted by Gasteiger charge is -2.31. The molecule has 0 bridgehead atoms. The number of benzene rings is 1. The molecule has 0 amide bonds. The van der Waals surface area contributed by atoms with Gasteiger partial charge in [0.05, 0.1) is 30.3 Å². The Balaban J connectivity index is 1.38. The van der Waals surface area contributed by atoms with E-state index in [-0.39, 0.29) is 18.1 Å². The molecule has 0 aliphatic carbocycles. The summed E-state index contributed by atoms with van der Waals surface area (Å²) in [5, 5.41) is 15.5. The van der Waals surface area contributed by atoms with Crippen LogP contribution < -0.4 is 10.9 Å². The quantitative estimate of drug-likeness (QED) is 0.224. The summed E-state index contributed by atoms with van der Waals surface area (Å²) in [5.74, 6) is 0.296. The molecule has 1 aliphatic heterocycles. The van der Waals surface area contributed by atoms with Crippen molar-refractivity contribution in [2.45, 2.75) is 45.7 Å². The standard InChI is InChI=1S/C31H35ClF2N8O/c1-18-11-22(19(2)37-25-5-6-26(32)38-29(25)21-13-35-39(3)16-21)28-23(12-18)31(43)40(4)30-24(28)14-36-42(30)15-20-7-9-41(10-8-20)17-27(33)34/h5-6,11-14,16,19-20,27,37H,7-10,15,17H2,1-4H3. The fourth-order valence-electron chi connectivity index (χ4n) is 6.36. The third-order valence-electron chi connectivity index (χ3n) is 8.46. The minimum atomic E-state index is -2.32. The molecule has 6 rings (SSSR count). The summed E-state index contributed by atoms with van der Waals surface area (Å²) in [7, 11) is 3.64. The van der Waals surface area contributed by atoms with Gasteiger partial charge in [0.1, 0.15) is 10.8 Å². The normalized spacial score (nSPS) is 15.6. The van der Waals surface area contributed by atoms with Crippen LogP contribution in [0.1, 0.15) is 36.9 Å². The number of halogens is 3. The Morgan fingerprint density at radius 1 is 1.09 bits per heavy atom. The molecule has 4 aromatic heterocycles. The zero-order chi connectivity index (χ0) is 30.4. The average Bonchev–Trinajstić information content (AvgIpc) is 3.59. The van der Waals surface area contributed by atoms with E-state index in [1.807, 2.05) is 48.1 Å². The van der Waals surface area contributed by atoms with E-state index < -0.39 is 6.43 Å². The SMILES string of the molecule is Cc1cc(C(C)Nc2ccc(Cl)nc2-c2cnn(C)c2)c2c(c1)c(=O)n(C)c1c2cnn1CC1CCN(CC(F)F)CC1. The van der Waals surface area contributed by atoms with Gasteiger partial charge in [0.2, 0.25) is 0 Å². The number of aromatic nitrogens is 6. The number of anilines is 1. The van der Waals surface area contributed by atoms with Gasteiger partial charge in [0, 0.05) is 54.6 Å². The van der Waals surface area contributed by atoms with Crippen molar-refractivity contribution >= 4 is 39.1 Å². The zero-order valence-electron chi connectivity index (χ0n) is 24.7. The molecule has 1 atom stereocenters. The Labute approximate surface area is 253 Å². The Hall–Kier alpha value is -3.83. The van der Waals surface area contributed by atoms with E-state index in [0.717, 1.165) is 51.6 Å². The molecule has 1 unspecified atom stereocenters. The van der Waals surface area contributed by atoms with Crippen LogP contribution in [-0.4, -0.2) is 60.1 Å². The van der Waals surface area contributed by atoms with Crippen molar-refractivity contribution in [3.63, 3.8) is 0 Å². The van der Waals surface area contributed by atoms with E-state index in [2.05, 4.69) is 28.4 Å². The Morgan fingerprint density at radius 2 is 1.86 bits per heavy atom. The number of piperidine rings is 1. The maximum atomic E-state index is 13.8. The first-order chi connectivity index (χ1) is 20.6. The number of nitrogens with zero attached hydrogens (tertiary/aromatic N) is 7. The predicted molar refractivity (Wildman–Crippen MR) is 166 cm³/mol. The number of aryl methyl sites for hydroxylation is 3. The van der Waals surface area contributed by atoms with Crippen molar-refractivity contribution in [3.8, 4) is 11.3 Å². The van der Waals surface area contributed by atoms with Crippen LogP contribution in [-0.2, 0) is 20.6 Å². The number of nitrogens with one attached hydrogen (secondary N) is 1. The molecule has 0 radical (unpaired) electrons. The summed E-state index contributed by atoms with van der Waals surface area (Å²) < 4.78 is 31.0. The highest BCUT2D eigenvalue weighted by atomic mass is 35.5. The lowest BCUT2D eigenvalue weighted by Crippen LogP contribution is -2.38. The molecular weight excluding hydrogens is 574 g/mol. The van der Waals surface area contributed by atoms with E-state index in [0.29, 0.717) is 41.8 Å². The molecule has 0 spiro atoms. The highest BCUT2D eigenvalue weighted by molar-refractivity contribution is 6.29. The van der Waals surface area contributed by atoms with Crippen LogP contribution in [0, 0.1) is 12.8 Å². The van der Waals surface area contributed by atoms with Gasteiger partial charge in [-0.25, -0.2) is 18.4 Å². The molecule has 5 heterocycles. The molecule has 12 heteroatoms. The van der Waals surface area contributed by atoms with E-state index in [4.69, 9.17) is 16.7 Å². The van der Waals surface area contributed by atoms with E-state index >= 15 is 0 Å². The third kappa shape index (κ3) is 5.75. The van der Waals surface area contributed by atoms with Crippen molar-refractivity contribution in [2.24, 2.45) is 20.0 Å². The van der Waals surface area contributed by atoms with E-state index in [1.54, 1.807) is 28.6 Å². The van der Waals surface area contributed by atoms with Crippen LogP contribution in [0.15, 0.2) is 47.7 Å². The van der Waals surface area contributed by atoms with Gasteiger partial charge in [-0.15, -0.1) is 0 Å². The highest BCUT2D eigenvalue weighted by Gasteiger charge is 2.25. The van der Waals surface area contributed by atoms with Crippen molar-refractivity contribution < 1.29 is 8.78 Å². The Morgan fingerprint density at radius 3 is 2.56 bits per heavy atom. The topological polar surface area (TPSA) is 85.8 Å². The van der Waals surface area contributed by atoms with Crippen LogP contribution >= 0.6 is 11.6 Å². The van der Waals surface area contributed by atoms with Crippen LogP contribution in [0.25, 0.3) is 33.1 Å². The number of alkyl halides is 2. The molecule has 1 fully saturated rings. The fourth-order valence-corrected chi connectivity index (χ4v) is 6.51. The first-order valence-electron chi connectivity index (χ1n) is 14.5. The van der Waals surface area contributed by atoms with Crippen molar-refractivity contribution in [1.29, 1.82) is 0 Å². The van der Waals surface area contributed by atoms with Gasteiger partial charge in [-0.2, -0.15) is 10.2 Å². The van der Waals surface area contributed by atoms with Crippen LogP contribution in [0.4, 0.5) is 14.5 Å². The molecule has 1 aromatic carbocycles. The van der Waals surface area contributed by atoms with Gasteiger partial charge in [0.15, 0.2) is 0 Å². The summed E-state index contributed by atoms with van der Waals surface area (Å²) in [6.07, 6.45) is 4.80. The second kappa shape index (κ2) is 11.7. The minimum Gasteiger partial charge on any atom is -0.377 e. The first kappa shape index (κ1) is 29.3. The first-order valence-corrected chi connectivity index (χ1v) is 14.9. The zero-order valence-corrected chi connectivity index (χ0v) is 25.4. The number of pyridine rings is 2. The van der Waals surface area contributed by atoms with Gasteiger partial charge in [0.25, 0.3) is 12.0 Å². The predicted octanol–water partition coefficient (Wildman–Crippen LogP) is 5.80. The third-order valence-corrected chi connectivity index (χ3v) is 8.67. The molecule has 43 heavy (non-hydrogen) atoms. The average molecular weight is 609 g/mol. The molecule has 0 saturated carbocycles. The Kier molecular flexibility index (Phi) is 7.95. The molecule has 9 nitrogen and oxygen atoms in total. The number of hydrogen-bond donors (Lipinski definition) is 1. The molecule has 5 aromatic rings. The fraction of sp³-hybridized carbons (Fsp3) is 0.419. The van der Waals surface area contributed by atoms with E-state index in [1.165, 1.54) is 0 Å². The van der Waals surface area contributed by atoms with Crippen molar-refractivity contribution in [3.05, 3.63) is 69.5 Å². The van der Waals surface area contributed by atoms with Crippen molar-refractivity contribution in [1.82, 2.24) is 34.0 Å². The van der Waals surface area contributed by atoms with Gasteiger partial charge in [-0.05, 0) is 75.0 Å². The monoisotopic (exact) mass is 608 g/mol. The summed E-state index contributed by atoms with van der Waals surface area (Å²) >= 11 is 6.28. The summed E-state index contributed by atoms with van der Waals surface area (Å²) in [6, 6.07) is 7.52. The van der Waals surface area contributed by atoms with Gasteiger partial charge in [-0.1, -0.05) is 17.7 Å². The summed E-state index contributed by atoms with van der Waals surface area (Å²) in [6.45, 7) is 5.80. The number of fused-ring (bicyclic) bond motifs is 3. The lowest BCUT2D eigenvalue weighted by molar-refractivity contribution is 0.0667. The second-order valence-electron chi connectivity index (χ2n) is 11.6. The molecular formula is C31H35ClF2N8O. The molecule has 226 valence electrons. The maximum absolute atomic E-state index is 13.8. The Bertz CT molecular complexity index is 1850. The van der Waals surface area contributed by atoms with Crippen LogP contribution in [0.5, 0.6) is 0 Å². The van der Waals surface area contributed by atoms with Crippen LogP contribution in [0.3, 0.4) is 0 Å². The van der Waals surface area contributed by atoms with Gasteiger partial charge < -0.3 is 5.32 Å². The largest absolute Gasteiger partial charge is 0.377 e. The van der Waals surface area contributed by atoms with Crippen molar-refractivity contribution in [2.75, 3.05) is 25.0 Å². The lowest BCUT2D eigenvalue weighted by atomic mass is 9.95. The smallest absolute Gasteiger partial charge is 0.259 e. The summed E-state index contributed by atoms with van der Waals surface area (Å²) in [5.41, 5.74) is 4.96. The van der Waals surface area contributed by atoms with E-state index in [9.17, 15) is 13.6 Å². The second-order valence-corrected chi connectivity index (χ2v) is 12.0. The molecule has 1 N–H and O–H groups in total.